The number of carbonyl (C=O) groups is 1. The number of ether oxygens (including phenoxy) is 1. The van der Waals surface area contributed by atoms with Gasteiger partial charge in [0.05, 0.1) is 7.11 Å². The van der Waals surface area contributed by atoms with Crippen molar-refractivity contribution in [3.8, 4) is 5.75 Å². The summed E-state index contributed by atoms with van der Waals surface area (Å²) in [5.41, 5.74) is 1.97. The van der Waals surface area contributed by atoms with Gasteiger partial charge in [0.15, 0.2) is 17.1 Å². The topological polar surface area (TPSA) is 114 Å². The van der Waals surface area contributed by atoms with Crippen molar-refractivity contribution in [1.29, 1.82) is 0 Å². The molecule has 3 heterocycles. The summed E-state index contributed by atoms with van der Waals surface area (Å²) < 4.78 is 11.0. The van der Waals surface area contributed by atoms with E-state index in [4.69, 9.17) is 9.15 Å². The second-order valence-corrected chi connectivity index (χ2v) is 7.67. The molecule has 35 heavy (non-hydrogen) atoms. The molecule has 0 bridgehead atoms. The molecule has 0 aliphatic heterocycles. The minimum atomic E-state index is -0.347. The summed E-state index contributed by atoms with van der Waals surface area (Å²) in [4.78, 5) is 25.8. The van der Waals surface area contributed by atoms with Gasteiger partial charge in [0.1, 0.15) is 23.3 Å². The van der Waals surface area contributed by atoms with E-state index in [9.17, 15) is 4.79 Å². The number of benzene rings is 2. The van der Waals surface area contributed by atoms with Gasteiger partial charge in [0.25, 0.3) is 5.91 Å². The number of para-hydroxylation sites is 1. The van der Waals surface area contributed by atoms with Crippen molar-refractivity contribution in [3.63, 3.8) is 0 Å². The first-order valence-electron chi connectivity index (χ1n) is 10.9. The molecule has 0 saturated carbocycles. The summed E-state index contributed by atoms with van der Waals surface area (Å²) in [6, 6.07) is 21.9. The lowest BCUT2D eigenvalue weighted by Gasteiger charge is -2.10. The molecule has 3 N–H and O–H groups in total. The maximum Gasteiger partial charge on any atom is 0.291 e. The molecule has 1 amide bonds. The largest absolute Gasteiger partial charge is 0.493 e. The van der Waals surface area contributed by atoms with Crippen molar-refractivity contribution < 1.29 is 13.9 Å². The van der Waals surface area contributed by atoms with Gasteiger partial charge in [0, 0.05) is 29.0 Å². The van der Waals surface area contributed by atoms with E-state index in [1.54, 1.807) is 43.6 Å². The second kappa shape index (κ2) is 9.52. The minimum Gasteiger partial charge on any atom is -0.493 e. The van der Waals surface area contributed by atoms with Crippen LogP contribution in [0.15, 0.2) is 83.4 Å². The number of hydrogen-bond acceptors (Lipinski definition) is 8. The Morgan fingerprint density at radius 2 is 1.63 bits per heavy atom. The summed E-state index contributed by atoms with van der Waals surface area (Å²) in [5, 5.41) is 10.1. The molecule has 5 aromatic rings. The lowest BCUT2D eigenvalue weighted by molar-refractivity contribution is 0.0998. The van der Waals surface area contributed by atoms with Crippen LogP contribution in [-0.2, 0) is 0 Å². The number of aromatic nitrogens is 3. The Morgan fingerprint density at radius 3 is 2.37 bits per heavy atom. The van der Waals surface area contributed by atoms with Gasteiger partial charge in [-0.1, -0.05) is 18.2 Å². The predicted molar refractivity (Wildman–Crippen MR) is 135 cm³/mol. The van der Waals surface area contributed by atoms with Crippen molar-refractivity contribution in [1.82, 2.24) is 15.0 Å². The highest BCUT2D eigenvalue weighted by atomic mass is 16.5. The normalized spacial score (nSPS) is 10.7. The zero-order valence-corrected chi connectivity index (χ0v) is 19.1. The van der Waals surface area contributed by atoms with Crippen LogP contribution in [-0.4, -0.2) is 28.0 Å². The van der Waals surface area contributed by atoms with Gasteiger partial charge in [-0.3, -0.25) is 4.79 Å². The Labute approximate surface area is 201 Å². The highest BCUT2D eigenvalue weighted by Crippen LogP contribution is 2.29. The maximum absolute atomic E-state index is 12.7. The first-order chi connectivity index (χ1) is 17.1. The fraction of sp³-hybridized carbons (Fsp3) is 0.0769. The van der Waals surface area contributed by atoms with E-state index in [0.29, 0.717) is 40.3 Å². The second-order valence-electron chi connectivity index (χ2n) is 7.67. The Morgan fingerprint density at radius 1 is 0.857 bits per heavy atom. The predicted octanol–water partition coefficient (Wildman–Crippen LogP) is 5.67. The van der Waals surface area contributed by atoms with Gasteiger partial charge in [-0.2, -0.15) is 0 Å². The molecule has 9 nitrogen and oxygen atoms in total. The van der Waals surface area contributed by atoms with E-state index in [-0.39, 0.29) is 11.7 Å². The van der Waals surface area contributed by atoms with Crippen molar-refractivity contribution in [2.45, 2.75) is 6.92 Å². The summed E-state index contributed by atoms with van der Waals surface area (Å²) in [5.74, 6) is 3.00. The first-order valence-corrected chi connectivity index (χ1v) is 10.9. The van der Waals surface area contributed by atoms with E-state index >= 15 is 0 Å². The molecule has 0 fully saturated rings. The summed E-state index contributed by atoms with van der Waals surface area (Å²) in [6.45, 7) is 1.82. The molecule has 0 atom stereocenters. The van der Waals surface area contributed by atoms with Crippen LogP contribution in [0.25, 0.3) is 11.0 Å². The standard InChI is InChI=1S/C26H22N6O3/c1-16-28-23(15-24(29-16)32-22-8-3-4-13-27-22)30-18-9-11-19(12-10-18)31-26(33)21-14-17-6-5-7-20(34-2)25(17)35-21/h3-15H,1-2H3,(H,31,33)(H2,27,28,29,30,32). The summed E-state index contributed by atoms with van der Waals surface area (Å²) in [6.07, 6.45) is 1.71. The summed E-state index contributed by atoms with van der Waals surface area (Å²) >= 11 is 0. The molecule has 2 aromatic carbocycles. The smallest absolute Gasteiger partial charge is 0.291 e. The molecule has 0 saturated heterocycles. The zero-order valence-electron chi connectivity index (χ0n) is 19.1. The van der Waals surface area contributed by atoms with Gasteiger partial charge in [-0.05, 0) is 55.5 Å². The monoisotopic (exact) mass is 466 g/mol. The number of aryl methyl sites for hydroxylation is 1. The number of anilines is 5. The highest BCUT2D eigenvalue weighted by Gasteiger charge is 2.15. The highest BCUT2D eigenvalue weighted by molar-refractivity contribution is 6.05. The van der Waals surface area contributed by atoms with Gasteiger partial charge >= 0.3 is 0 Å². The van der Waals surface area contributed by atoms with E-state index in [0.717, 1.165) is 11.1 Å². The number of pyridine rings is 1. The van der Waals surface area contributed by atoms with E-state index in [1.165, 1.54) is 0 Å². The number of nitrogens with one attached hydrogen (secondary N) is 3. The molecule has 5 rings (SSSR count). The number of rotatable bonds is 7. The zero-order chi connectivity index (χ0) is 24.2. The van der Waals surface area contributed by atoms with Gasteiger partial charge in [0.2, 0.25) is 0 Å². The number of nitrogens with zero attached hydrogens (tertiary/aromatic N) is 3. The van der Waals surface area contributed by atoms with E-state index in [1.807, 2.05) is 49.4 Å². The molecular formula is C26H22N6O3. The van der Waals surface area contributed by atoms with Crippen LogP contribution in [0.5, 0.6) is 5.75 Å². The third kappa shape index (κ3) is 5.03. The molecular weight excluding hydrogens is 444 g/mol. The third-order valence-corrected chi connectivity index (χ3v) is 5.13. The molecule has 0 radical (unpaired) electrons. The lowest BCUT2D eigenvalue weighted by Crippen LogP contribution is -2.10. The van der Waals surface area contributed by atoms with Crippen LogP contribution < -0.4 is 20.7 Å². The molecule has 174 valence electrons. The molecule has 9 heteroatoms. The number of fused-ring (bicyclic) bond motifs is 1. The molecule has 0 aliphatic rings. The third-order valence-electron chi connectivity index (χ3n) is 5.13. The van der Waals surface area contributed by atoms with Crippen molar-refractivity contribution in [3.05, 3.63) is 90.6 Å². The van der Waals surface area contributed by atoms with Crippen molar-refractivity contribution >= 4 is 45.7 Å². The van der Waals surface area contributed by atoms with E-state index in [2.05, 4.69) is 30.9 Å². The van der Waals surface area contributed by atoms with Crippen molar-refractivity contribution in [2.24, 2.45) is 0 Å². The van der Waals surface area contributed by atoms with Crippen LogP contribution >= 0.6 is 0 Å². The maximum atomic E-state index is 12.7. The van der Waals surface area contributed by atoms with Crippen molar-refractivity contribution in [2.75, 3.05) is 23.1 Å². The van der Waals surface area contributed by atoms with E-state index < -0.39 is 0 Å². The van der Waals surface area contributed by atoms with Crippen LogP contribution in [0.1, 0.15) is 16.4 Å². The van der Waals surface area contributed by atoms with Crippen LogP contribution in [0, 0.1) is 6.92 Å². The fourth-order valence-electron chi connectivity index (χ4n) is 3.55. The minimum absolute atomic E-state index is 0.205. The van der Waals surface area contributed by atoms with Gasteiger partial charge in [-0.25, -0.2) is 15.0 Å². The molecule has 0 aliphatic carbocycles. The number of methoxy groups -OCH3 is 1. The quantitative estimate of drug-likeness (QED) is 0.281. The van der Waals surface area contributed by atoms with Crippen LogP contribution in [0.4, 0.5) is 28.8 Å². The average molecular weight is 467 g/mol. The Balaban J connectivity index is 1.27. The Bertz CT molecular complexity index is 1480. The fourth-order valence-corrected chi connectivity index (χ4v) is 3.55. The van der Waals surface area contributed by atoms with Gasteiger partial charge < -0.3 is 25.1 Å². The first kappa shape index (κ1) is 21.9. The van der Waals surface area contributed by atoms with Gasteiger partial charge in [-0.15, -0.1) is 0 Å². The number of furan rings is 1. The Hall–Kier alpha value is -4.92. The number of carbonyl (C=O) groups excluding carboxylic acids is 1. The molecule has 3 aromatic heterocycles. The SMILES string of the molecule is COc1cccc2cc(C(=O)Nc3ccc(Nc4cc(Nc5ccccn5)nc(C)n4)cc3)oc12. The average Bonchev–Trinajstić information content (AvgIpc) is 3.30. The Kier molecular flexibility index (Phi) is 5.96. The molecule has 0 spiro atoms. The lowest BCUT2D eigenvalue weighted by atomic mass is 10.2. The van der Waals surface area contributed by atoms with Crippen LogP contribution in [0.2, 0.25) is 0 Å². The number of amides is 1. The molecule has 0 unspecified atom stereocenters. The summed E-state index contributed by atoms with van der Waals surface area (Å²) in [7, 11) is 1.56. The van der Waals surface area contributed by atoms with Crippen LogP contribution in [0.3, 0.4) is 0 Å². The number of hydrogen-bond donors (Lipinski definition) is 3.